The number of benzene rings is 2. The zero-order valence-corrected chi connectivity index (χ0v) is 21.9. The van der Waals surface area contributed by atoms with Gasteiger partial charge in [-0.15, -0.1) is 0 Å². The summed E-state index contributed by atoms with van der Waals surface area (Å²) in [7, 11) is 0. The molecule has 1 aromatic heterocycles. The van der Waals surface area contributed by atoms with Gasteiger partial charge in [0, 0.05) is 5.56 Å². The number of hydrogen-bond acceptors (Lipinski definition) is 7. The van der Waals surface area contributed by atoms with Crippen LogP contribution in [0, 0.1) is 0 Å². The quantitative estimate of drug-likeness (QED) is 0.432. The van der Waals surface area contributed by atoms with Gasteiger partial charge < -0.3 is 14.2 Å². The lowest BCUT2D eigenvalue weighted by Gasteiger charge is -2.26. The number of para-hydroxylation sites is 1. The van der Waals surface area contributed by atoms with E-state index in [9.17, 15) is 9.59 Å². The normalized spacial score (nSPS) is 15.5. The first kappa shape index (κ1) is 25.4. The Morgan fingerprint density at radius 3 is 2.50 bits per heavy atom. The van der Waals surface area contributed by atoms with Crippen LogP contribution in [0.1, 0.15) is 51.8 Å². The minimum atomic E-state index is -0.716. The summed E-state index contributed by atoms with van der Waals surface area (Å²) in [6.45, 7) is 10.0. The van der Waals surface area contributed by atoms with Gasteiger partial charge in [0.25, 0.3) is 5.56 Å². The summed E-state index contributed by atoms with van der Waals surface area (Å²) in [6.07, 6.45) is 1.91. The average Bonchev–Trinajstić information content (AvgIpc) is 3.14. The molecule has 4 rings (SSSR count). The van der Waals surface area contributed by atoms with Crippen LogP contribution in [-0.4, -0.2) is 29.9 Å². The second-order valence-corrected chi connectivity index (χ2v) is 9.52. The molecular formula is C28H30N2O5S. The van der Waals surface area contributed by atoms with Crippen LogP contribution in [0.4, 0.5) is 0 Å². The third kappa shape index (κ3) is 5.14. The molecule has 188 valence electrons. The molecule has 0 amide bonds. The summed E-state index contributed by atoms with van der Waals surface area (Å²) in [5.74, 6) is 0.882. The number of carbonyl (C=O) groups excluding carboxylic acids is 1. The van der Waals surface area contributed by atoms with Crippen molar-refractivity contribution >= 4 is 23.4 Å². The molecule has 0 N–H and O–H groups in total. The van der Waals surface area contributed by atoms with Gasteiger partial charge >= 0.3 is 5.97 Å². The van der Waals surface area contributed by atoms with Gasteiger partial charge in [-0.1, -0.05) is 41.7 Å². The number of nitrogens with zero attached hydrogens (tertiary/aromatic N) is 2. The standard InChI is InChI=1S/C28H30N2O5S/c1-6-33-22-11-9-8-10-21(22)25-24(27(32)34-7-2)18(5)29-28-30(25)26(31)23(36-28)16-19-12-14-20(15-13-19)35-17(3)4/h8-17,25H,6-7H2,1-5H3/b23-16-/t25-/m0/s1. The molecule has 0 aliphatic carbocycles. The fourth-order valence-electron chi connectivity index (χ4n) is 4.15. The highest BCUT2D eigenvalue weighted by Gasteiger charge is 2.35. The van der Waals surface area contributed by atoms with Crippen LogP contribution in [0.3, 0.4) is 0 Å². The summed E-state index contributed by atoms with van der Waals surface area (Å²) >= 11 is 1.29. The Bertz CT molecular complexity index is 1460. The van der Waals surface area contributed by atoms with Gasteiger partial charge in [-0.3, -0.25) is 9.36 Å². The van der Waals surface area contributed by atoms with E-state index >= 15 is 0 Å². The lowest BCUT2D eigenvalue weighted by atomic mass is 9.95. The van der Waals surface area contributed by atoms with E-state index in [0.717, 1.165) is 11.3 Å². The number of rotatable bonds is 8. The van der Waals surface area contributed by atoms with Gasteiger partial charge in [-0.25, -0.2) is 9.79 Å². The lowest BCUT2D eigenvalue weighted by Crippen LogP contribution is -2.40. The molecule has 3 aromatic rings. The van der Waals surface area contributed by atoms with Gasteiger partial charge in [0.1, 0.15) is 17.5 Å². The molecule has 1 aliphatic heterocycles. The SMILES string of the molecule is CCOC(=O)C1=C(C)N=c2s/c(=C\c3ccc(OC(C)C)cc3)c(=O)n2[C@H]1c1ccccc1OCC. The molecule has 0 spiro atoms. The van der Waals surface area contributed by atoms with Crippen molar-refractivity contribution < 1.29 is 19.0 Å². The van der Waals surface area contributed by atoms with Crippen LogP contribution in [-0.2, 0) is 9.53 Å². The van der Waals surface area contributed by atoms with E-state index < -0.39 is 12.0 Å². The molecule has 2 heterocycles. The van der Waals surface area contributed by atoms with Crippen LogP contribution >= 0.6 is 11.3 Å². The van der Waals surface area contributed by atoms with E-state index in [1.54, 1.807) is 18.4 Å². The first-order chi connectivity index (χ1) is 17.3. The van der Waals surface area contributed by atoms with Crippen molar-refractivity contribution in [1.82, 2.24) is 4.57 Å². The molecule has 0 unspecified atom stereocenters. The van der Waals surface area contributed by atoms with Crippen LogP contribution in [0.15, 0.2) is 69.6 Å². The van der Waals surface area contributed by atoms with Crippen molar-refractivity contribution in [2.24, 2.45) is 4.99 Å². The predicted molar refractivity (Wildman–Crippen MR) is 140 cm³/mol. The van der Waals surface area contributed by atoms with Gasteiger partial charge in [0.15, 0.2) is 4.80 Å². The highest BCUT2D eigenvalue weighted by atomic mass is 32.1. The van der Waals surface area contributed by atoms with Crippen molar-refractivity contribution in [3.63, 3.8) is 0 Å². The van der Waals surface area contributed by atoms with E-state index in [4.69, 9.17) is 14.2 Å². The molecule has 0 saturated carbocycles. The molecule has 8 heteroatoms. The highest BCUT2D eigenvalue weighted by molar-refractivity contribution is 7.07. The topological polar surface area (TPSA) is 79.1 Å². The Labute approximate surface area is 214 Å². The number of ether oxygens (including phenoxy) is 3. The second kappa shape index (κ2) is 11.0. The number of allylic oxidation sites excluding steroid dienone is 1. The van der Waals surface area contributed by atoms with Crippen molar-refractivity contribution in [2.75, 3.05) is 13.2 Å². The van der Waals surface area contributed by atoms with E-state index in [0.29, 0.717) is 38.5 Å². The fourth-order valence-corrected chi connectivity index (χ4v) is 5.19. The molecule has 36 heavy (non-hydrogen) atoms. The Kier molecular flexibility index (Phi) is 7.74. The molecule has 1 aliphatic rings. The molecule has 0 fully saturated rings. The molecule has 7 nitrogen and oxygen atoms in total. The Hall–Kier alpha value is -3.65. The van der Waals surface area contributed by atoms with Crippen LogP contribution < -0.4 is 24.4 Å². The predicted octanol–water partition coefficient (Wildman–Crippen LogP) is 3.98. The largest absolute Gasteiger partial charge is 0.494 e. The number of esters is 1. The molecule has 1 atom stereocenters. The summed E-state index contributed by atoms with van der Waals surface area (Å²) in [5, 5.41) is 0. The molecule has 0 bridgehead atoms. The van der Waals surface area contributed by atoms with Gasteiger partial charge in [0.2, 0.25) is 0 Å². The number of hydrogen-bond donors (Lipinski definition) is 0. The minimum absolute atomic E-state index is 0.0796. The van der Waals surface area contributed by atoms with Gasteiger partial charge in [0.05, 0.1) is 35.1 Å². The minimum Gasteiger partial charge on any atom is -0.494 e. The zero-order valence-electron chi connectivity index (χ0n) is 21.1. The molecule has 0 radical (unpaired) electrons. The van der Waals surface area contributed by atoms with E-state index in [-0.39, 0.29) is 18.3 Å². The van der Waals surface area contributed by atoms with E-state index in [1.807, 2.05) is 75.4 Å². The molecular weight excluding hydrogens is 476 g/mol. The maximum atomic E-state index is 13.8. The van der Waals surface area contributed by atoms with Crippen molar-refractivity contribution in [3.05, 3.63) is 90.6 Å². The van der Waals surface area contributed by atoms with Crippen molar-refractivity contribution in [3.8, 4) is 11.5 Å². The van der Waals surface area contributed by atoms with E-state index in [2.05, 4.69) is 4.99 Å². The van der Waals surface area contributed by atoms with Crippen molar-refractivity contribution in [2.45, 2.75) is 46.8 Å². The van der Waals surface area contributed by atoms with Gasteiger partial charge in [-0.2, -0.15) is 0 Å². The molecule has 0 saturated heterocycles. The zero-order chi connectivity index (χ0) is 25.8. The van der Waals surface area contributed by atoms with E-state index in [1.165, 1.54) is 11.3 Å². The van der Waals surface area contributed by atoms with Crippen LogP contribution in [0.5, 0.6) is 11.5 Å². The Morgan fingerprint density at radius 2 is 1.83 bits per heavy atom. The Morgan fingerprint density at radius 1 is 1.11 bits per heavy atom. The number of aromatic nitrogens is 1. The highest BCUT2D eigenvalue weighted by Crippen LogP contribution is 2.35. The summed E-state index contributed by atoms with van der Waals surface area (Å²) in [4.78, 5) is 32.0. The number of thiazole rings is 1. The maximum absolute atomic E-state index is 13.8. The monoisotopic (exact) mass is 506 g/mol. The second-order valence-electron chi connectivity index (χ2n) is 8.51. The summed E-state index contributed by atoms with van der Waals surface area (Å²) < 4.78 is 19.0. The first-order valence-corrected chi connectivity index (χ1v) is 12.8. The number of fused-ring (bicyclic) bond motifs is 1. The van der Waals surface area contributed by atoms with Crippen LogP contribution in [0.25, 0.3) is 6.08 Å². The smallest absolute Gasteiger partial charge is 0.338 e. The summed E-state index contributed by atoms with van der Waals surface area (Å²) in [5.41, 5.74) is 2.20. The average molecular weight is 507 g/mol. The summed E-state index contributed by atoms with van der Waals surface area (Å²) in [6, 6.07) is 14.3. The number of carbonyl (C=O) groups is 1. The van der Waals surface area contributed by atoms with Gasteiger partial charge in [-0.05, 0) is 64.5 Å². The third-order valence-electron chi connectivity index (χ3n) is 5.58. The fraction of sp³-hybridized carbons (Fsp3) is 0.321. The molecule has 2 aromatic carbocycles. The Balaban J connectivity index is 1.89. The van der Waals surface area contributed by atoms with Crippen LogP contribution in [0.2, 0.25) is 0 Å². The maximum Gasteiger partial charge on any atom is 0.338 e. The van der Waals surface area contributed by atoms with Crippen molar-refractivity contribution in [1.29, 1.82) is 0 Å². The third-order valence-corrected chi connectivity index (χ3v) is 6.56. The lowest BCUT2D eigenvalue weighted by molar-refractivity contribution is -0.139. The first-order valence-electron chi connectivity index (χ1n) is 12.0.